The van der Waals surface area contributed by atoms with E-state index < -0.39 is 5.91 Å². The maximum atomic E-state index is 13.8. The van der Waals surface area contributed by atoms with Gasteiger partial charge in [-0.2, -0.15) is 5.10 Å². The summed E-state index contributed by atoms with van der Waals surface area (Å²) in [6.07, 6.45) is 1.39. The smallest absolute Gasteiger partial charge is 0.271 e. The van der Waals surface area contributed by atoms with Gasteiger partial charge in [-0.1, -0.05) is 41.4 Å². The summed E-state index contributed by atoms with van der Waals surface area (Å²) in [5, 5.41) is 4.38. The number of ether oxygens (including phenoxy) is 3. The van der Waals surface area contributed by atoms with E-state index in [2.05, 4.69) is 10.5 Å². The second-order valence-corrected chi connectivity index (χ2v) is 7.28. The first-order valence-electron chi connectivity index (χ1n) is 9.33. The maximum absolute atomic E-state index is 13.8. The average molecular weight is 477 g/mol. The summed E-state index contributed by atoms with van der Waals surface area (Å²) in [6.45, 7) is -0.0269. The van der Waals surface area contributed by atoms with Crippen LogP contribution in [-0.4, -0.2) is 26.3 Å². The molecule has 0 aliphatic carbocycles. The molecule has 9 heteroatoms. The molecule has 3 aromatic rings. The first-order valence-corrected chi connectivity index (χ1v) is 10.1. The molecule has 0 fully saturated rings. The highest BCUT2D eigenvalue weighted by molar-refractivity contribution is 6.37. The number of nitrogens with zero attached hydrogens (tertiary/aromatic N) is 1. The largest absolute Gasteiger partial charge is 0.493 e. The molecule has 0 atom stereocenters. The van der Waals surface area contributed by atoms with E-state index in [0.717, 1.165) is 0 Å². The Kier molecular flexibility index (Phi) is 7.92. The van der Waals surface area contributed by atoms with Crippen molar-refractivity contribution < 1.29 is 23.4 Å². The minimum absolute atomic E-state index is 0.0269. The van der Waals surface area contributed by atoms with Gasteiger partial charge in [-0.3, -0.25) is 4.79 Å². The van der Waals surface area contributed by atoms with Crippen molar-refractivity contribution in [3.05, 3.63) is 87.2 Å². The van der Waals surface area contributed by atoms with Crippen molar-refractivity contribution in [1.29, 1.82) is 0 Å². The Morgan fingerprint density at radius 1 is 1.03 bits per heavy atom. The molecule has 166 valence electrons. The summed E-state index contributed by atoms with van der Waals surface area (Å²) in [5.41, 5.74) is 3.67. The number of rotatable bonds is 8. The second kappa shape index (κ2) is 10.8. The van der Waals surface area contributed by atoms with Crippen LogP contribution in [0.3, 0.4) is 0 Å². The van der Waals surface area contributed by atoms with E-state index in [1.54, 1.807) is 48.5 Å². The Bertz CT molecular complexity index is 1130. The molecule has 0 saturated heterocycles. The highest BCUT2D eigenvalue weighted by Gasteiger charge is 2.12. The van der Waals surface area contributed by atoms with Crippen molar-refractivity contribution in [2.24, 2.45) is 5.10 Å². The van der Waals surface area contributed by atoms with Gasteiger partial charge >= 0.3 is 0 Å². The number of amides is 1. The number of halogens is 3. The molecule has 0 bridgehead atoms. The van der Waals surface area contributed by atoms with Gasteiger partial charge in [0, 0.05) is 11.1 Å². The predicted molar refractivity (Wildman–Crippen MR) is 122 cm³/mol. The SMILES string of the molecule is COc1ccc(C(=O)N/N=C/c2cc(Cl)c(OCc3ccccc3F)c(Cl)c2)cc1OC. The first-order chi connectivity index (χ1) is 15.4. The van der Waals surface area contributed by atoms with Crippen molar-refractivity contribution in [1.82, 2.24) is 5.43 Å². The summed E-state index contributed by atoms with van der Waals surface area (Å²) in [5.74, 6) is 0.337. The Morgan fingerprint density at radius 3 is 2.38 bits per heavy atom. The van der Waals surface area contributed by atoms with Gasteiger partial charge in [-0.25, -0.2) is 9.82 Å². The van der Waals surface area contributed by atoms with Crippen molar-refractivity contribution in [2.75, 3.05) is 14.2 Å². The molecule has 0 saturated carbocycles. The topological polar surface area (TPSA) is 69.2 Å². The number of hydrogen-bond acceptors (Lipinski definition) is 5. The van der Waals surface area contributed by atoms with Gasteiger partial charge in [0.25, 0.3) is 5.91 Å². The number of carbonyl (C=O) groups is 1. The van der Waals surface area contributed by atoms with Crippen molar-refractivity contribution in [3.63, 3.8) is 0 Å². The Morgan fingerprint density at radius 2 is 1.72 bits per heavy atom. The molecule has 32 heavy (non-hydrogen) atoms. The summed E-state index contributed by atoms with van der Waals surface area (Å²) >= 11 is 12.5. The number of hydrogen-bond donors (Lipinski definition) is 1. The van der Waals surface area contributed by atoms with E-state index in [0.29, 0.717) is 28.2 Å². The fraction of sp³-hybridized carbons (Fsp3) is 0.130. The lowest BCUT2D eigenvalue weighted by molar-refractivity contribution is 0.0954. The van der Waals surface area contributed by atoms with E-state index in [9.17, 15) is 9.18 Å². The molecule has 0 radical (unpaired) electrons. The molecular formula is C23H19Cl2FN2O4. The quantitative estimate of drug-likeness (QED) is 0.344. The van der Waals surface area contributed by atoms with Crippen LogP contribution < -0.4 is 19.6 Å². The number of hydrazone groups is 1. The Hall–Kier alpha value is -3.29. The summed E-state index contributed by atoms with van der Waals surface area (Å²) < 4.78 is 29.7. The van der Waals surface area contributed by atoms with Gasteiger partial charge in [-0.15, -0.1) is 0 Å². The van der Waals surface area contributed by atoms with E-state index in [-0.39, 0.29) is 28.2 Å². The molecule has 1 N–H and O–H groups in total. The molecular weight excluding hydrogens is 458 g/mol. The van der Waals surface area contributed by atoms with Gasteiger partial charge in [0.1, 0.15) is 12.4 Å². The Balaban J connectivity index is 1.66. The molecule has 6 nitrogen and oxygen atoms in total. The third-order valence-electron chi connectivity index (χ3n) is 4.38. The molecule has 0 aliphatic heterocycles. The van der Waals surface area contributed by atoms with Gasteiger partial charge in [0.15, 0.2) is 17.2 Å². The monoisotopic (exact) mass is 476 g/mol. The molecule has 0 spiro atoms. The number of nitrogens with one attached hydrogen (secondary N) is 1. The van der Waals surface area contributed by atoms with Gasteiger partial charge in [0.05, 0.1) is 30.5 Å². The Labute approximate surface area is 194 Å². The third kappa shape index (κ3) is 5.69. The van der Waals surface area contributed by atoms with Gasteiger partial charge in [-0.05, 0) is 42.0 Å². The standard InChI is InChI=1S/C23H19Cl2FN2O4/c1-30-20-8-7-15(11-21(20)31-2)23(29)28-27-12-14-9-17(24)22(18(25)10-14)32-13-16-5-3-4-6-19(16)26/h3-12H,13H2,1-2H3,(H,28,29)/b27-12+. The average Bonchev–Trinajstić information content (AvgIpc) is 2.79. The molecule has 0 unspecified atom stereocenters. The van der Waals surface area contributed by atoms with Crippen LogP contribution in [0, 0.1) is 5.82 Å². The molecule has 0 aliphatic rings. The zero-order valence-corrected chi connectivity index (χ0v) is 18.7. The molecule has 3 rings (SSSR count). The lowest BCUT2D eigenvalue weighted by Crippen LogP contribution is -2.17. The zero-order chi connectivity index (χ0) is 23.1. The number of carbonyl (C=O) groups excluding carboxylic acids is 1. The summed E-state index contributed by atoms with van der Waals surface area (Å²) in [4.78, 5) is 12.3. The maximum Gasteiger partial charge on any atom is 0.271 e. The van der Waals surface area contributed by atoms with Crippen LogP contribution in [0.2, 0.25) is 10.0 Å². The van der Waals surface area contributed by atoms with Crippen LogP contribution in [0.15, 0.2) is 59.7 Å². The lowest BCUT2D eigenvalue weighted by atomic mass is 10.2. The lowest BCUT2D eigenvalue weighted by Gasteiger charge is -2.11. The summed E-state index contributed by atoms with van der Waals surface area (Å²) in [7, 11) is 2.99. The van der Waals surface area contributed by atoms with Crippen molar-refractivity contribution >= 4 is 35.3 Å². The van der Waals surface area contributed by atoms with E-state index in [1.165, 1.54) is 26.5 Å². The molecule has 3 aromatic carbocycles. The van der Waals surface area contributed by atoms with E-state index in [1.807, 2.05) is 0 Å². The fourth-order valence-electron chi connectivity index (χ4n) is 2.76. The summed E-state index contributed by atoms with van der Waals surface area (Å²) in [6, 6.07) is 14.1. The van der Waals surface area contributed by atoms with Crippen molar-refractivity contribution in [2.45, 2.75) is 6.61 Å². The first kappa shape index (κ1) is 23.4. The van der Waals surface area contributed by atoms with Crippen LogP contribution in [0.1, 0.15) is 21.5 Å². The number of benzene rings is 3. The normalized spacial score (nSPS) is 10.8. The van der Waals surface area contributed by atoms with Gasteiger partial charge < -0.3 is 14.2 Å². The van der Waals surface area contributed by atoms with Gasteiger partial charge in [0.2, 0.25) is 0 Å². The second-order valence-electron chi connectivity index (χ2n) is 6.46. The third-order valence-corrected chi connectivity index (χ3v) is 4.94. The number of methoxy groups -OCH3 is 2. The van der Waals surface area contributed by atoms with Crippen LogP contribution in [0.25, 0.3) is 0 Å². The molecule has 0 heterocycles. The molecule has 0 aromatic heterocycles. The minimum atomic E-state index is -0.441. The van der Waals surface area contributed by atoms with Crippen molar-refractivity contribution in [3.8, 4) is 17.2 Å². The molecule has 1 amide bonds. The van der Waals surface area contributed by atoms with E-state index >= 15 is 0 Å². The van der Waals surface area contributed by atoms with Crippen LogP contribution in [0.4, 0.5) is 4.39 Å². The predicted octanol–water partition coefficient (Wildman–Crippen LogP) is 5.49. The van der Waals surface area contributed by atoms with Crippen LogP contribution >= 0.6 is 23.2 Å². The zero-order valence-electron chi connectivity index (χ0n) is 17.2. The fourth-order valence-corrected chi connectivity index (χ4v) is 3.38. The van der Waals surface area contributed by atoms with Crippen LogP contribution in [-0.2, 0) is 6.61 Å². The van der Waals surface area contributed by atoms with Crippen LogP contribution in [0.5, 0.6) is 17.2 Å². The minimum Gasteiger partial charge on any atom is -0.493 e. The van der Waals surface area contributed by atoms with E-state index in [4.69, 9.17) is 37.4 Å². The highest BCUT2D eigenvalue weighted by atomic mass is 35.5. The highest BCUT2D eigenvalue weighted by Crippen LogP contribution is 2.34.